The fourth-order valence-corrected chi connectivity index (χ4v) is 4.38. The molecule has 1 heterocycles. The number of nitrogens with zero attached hydrogens (tertiary/aromatic N) is 3. The molecule has 9 heteroatoms. The van der Waals surface area contributed by atoms with Crippen molar-refractivity contribution in [3.63, 3.8) is 0 Å². The van der Waals surface area contributed by atoms with E-state index >= 15 is 0 Å². The number of hydrogen-bond acceptors (Lipinski definition) is 6. The van der Waals surface area contributed by atoms with Gasteiger partial charge in [0.15, 0.2) is 17.1 Å². The molecule has 0 aliphatic rings. The van der Waals surface area contributed by atoms with Crippen molar-refractivity contribution < 1.29 is 14.3 Å². The van der Waals surface area contributed by atoms with Gasteiger partial charge in [-0.25, -0.2) is 0 Å². The van der Waals surface area contributed by atoms with Crippen LogP contribution in [-0.2, 0) is 29.1 Å². The fourth-order valence-electron chi connectivity index (χ4n) is 3.56. The molecule has 1 atom stereocenters. The van der Waals surface area contributed by atoms with E-state index in [4.69, 9.17) is 4.74 Å². The molecule has 0 fully saturated rings. The number of rotatable bonds is 11. The molecule has 0 spiro atoms. The number of aryl methyl sites for hydroxylation is 3. The summed E-state index contributed by atoms with van der Waals surface area (Å²) in [5.41, 5.74) is 4.10. The van der Waals surface area contributed by atoms with Crippen LogP contribution in [0, 0.1) is 13.8 Å². The number of hydrogen-bond donors (Lipinski definition) is 2. The van der Waals surface area contributed by atoms with Gasteiger partial charge in [0.25, 0.3) is 5.91 Å². The van der Waals surface area contributed by atoms with Crippen molar-refractivity contribution in [2.45, 2.75) is 65.4 Å². The van der Waals surface area contributed by atoms with E-state index in [2.05, 4.69) is 27.8 Å². The van der Waals surface area contributed by atoms with Gasteiger partial charge in [-0.15, -0.1) is 10.2 Å². The van der Waals surface area contributed by atoms with Crippen molar-refractivity contribution in [3.05, 3.63) is 65.0 Å². The van der Waals surface area contributed by atoms with Crippen molar-refractivity contribution in [3.8, 4) is 5.75 Å². The maximum atomic E-state index is 12.5. The molecule has 35 heavy (non-hydrogen) atoms. The van der Waals surface area contributed by atoms with E-state index in [9.17, 15) is 9.59 Å². The first-order chi connectivity index (χ1) is 16.8. The van der Waals surface area contributed by atoms with Gasteiger partial charge >= 0.3 is 0 Å². The zero-order valence-electron chi connectivity index (χ0n) is 20.9. The van der Waals surface area contributed by atoms with Gasteiger partial charge in [-0.2, -0.15) is 0 Å². The van der Waals surface area contributed by atoms with Crippen LogP contribution in [-0.4, -0.2) is 38.4 Å². The topological polar surface area (TPSA) is 98.1 Å². The molecular weight excluding hydrogens is 462 g/mol. The number of nitrogens with one attached hydrogen (secondary N) is 2. The molecule has 0 aliphatic heterocycles. The van der Waals surface area contributed by atoms with Gasteiger partial charge < -0.3 is 19.9 Å². The average molecular weight is 496 g/mol. The van der Waals surface area contributed by atoms with Crippen LogP contribution in [0.5, 0.6) is 5.75 Å². The highest BCUT2D eigenvalue weighted by molar-refractivity contribution is 7.99. The molecule has 0 bridgehead atoms. The number of carbonyl (C=O) groups is 2. The minimum Gasteiger partial charge on any atom is -0.481 e. The normalized spacial score (nSPS) is 11.7. The molecule has 2 amide bonds. The third-order valence-corrected chi connectivity index (χ3v) is 6.59. The number of ether oxygens (including phenoxy) is 1. The molecule has 0 unspecified atom stereocenters. The van der Waals surface area contributed by atoms with Gasteiger partial charge in [0.2, 0.25) is 5.91 Å². The highest BCUT2D eigenvalue weighted by Crippen LogP contribution is 2.22. The first-order valence-electron chi connectivity index (χ1n) is 11.8. The number of thioether (sulfide) groups is 1. The van der Waals surface area contributed by atoms with Gasteiger partial charge in [0.05, 0.1) is 12.3 Å². The van der Waals surface area contributed by atoms with Crippen molar-refractivity contribution in [2.75, 3.05) is 11.1 Å². The summed E-state index contributed by atoms with van der Waals surface area (Å²) >= 11 is 1.32. The molecule has 8 nitrogen and oxygen atoms in total. The summed E-state index contributed by atoms with van der Waals surface area (Å²) < 4.78 is 7.65. The lowest BCUT2D eigenvalue weighted by Crippen LogP contribution is -2.36. The smallest absolute Gasteiger partial charge is 0.261 e. The second-order valence-corrected chi connectivity index (χ2v) is 9.16. The lowest BCUT2D eigenvalue weighted by molar-refractivity contribution is -0.127. The molecule has 3 rings (SSSR count). The Morgan fingerprint density at radius 3 is 2.37 bits per heavy atom. The molecule has 1 aromatic heterocycles. The first-order valence-corrected chi connectivity index (χ1v) is 12.7. The van der Waals surface area contributed by atoms with E-state index in [1.807, 2.05) is 67.8 Å². The van der Waals surface area contributed by atoms with E-state index in [1.54, 1.807) is 6.92 Å². The largest absolute Gasteiger partial charge is 0.481 e. The number of benzene rings is 2. The molecule has 0 aliphatic carbocycles. The van der Waals surface area contributed by atoms with Crippen molar-refractivity contribution >= 4 is 29.3 Å². The van der Waals surface area contributed by atoms with Gasteiger partial charge in [0.1, 0.15) is 5.75 Å². The summed E-state index contributed by atoms with van der Waals surface area (Å²) in [5, 5.41) is 14.9. The minimum atomic E-state index is -0.650. The van der Waals surface area contributed by atoms with Crippen LogP contribution in [0.25, 0.3) is 0 Å². The quantitative estimate of drug-likeness (QED) is 0.385. The van der Waals surface area contributed by atoms with Crippen molar-refractivity contribution in [2.24, 2.45) is 0 Å². The Morgan fingerprint density at radius 2 is 1.74 bits per heavy atom. The minimum absolute atomic E-state index is 0.106. The molecule has 2 N–H and O–H groups in total. The second-order valence-electron chi connectivity index (χ2n) is 8.22. The summed E-state index contributed by atoms with van der Waals surface area (Å²) in [7, 11) is 0. The summed E-state index contributed by atoms with van der Waals surface area (Å²) in [4.78, 5) is 25.1. The maximum absolute atomic E-state index is 12.5. The second kappa shape index (κ2) is 12.4. The van der Waals surface area contributed by atoms with Crippen LogP contribution >= 0.6 is 11.8 Å². The monoisotopic (exact) mass is 495 g/mol. The Labute approximate surface area is 210 Å². The van der Waals surface area contributed by atoms with Crippen LogP contribution in [0.1, 0.15) is 43.3 Å². The Kier molecular flexibility index (Phi) is 9.31. The Balaban J connectivity index is 1.53. The van der Waals surface area contributed by atoms with Crippen LogP contribution in [0.4, 0.5) is 5.69 Å². The Bertz CT molecular complexity index is 1140. The number of carbonyl (C=O) groups excluding carboxylic acids is 2. The van der Waals surface area contributed by atoms with Gasteiger partial charge in [-0.3, -0.25) is 9.59 Å². The Morgan fingerprint density at radius 1 is 1.06 bits per heavy atom. The average Bonchev–Trinajstić information content (AvgIpc) is 3.25. The van der Waals surface area contributed by atoms with Crippen LogP contribution in [0.15, 0.2) is 47.6 Å². The van der Waals surface area contributed by atoms with Crippen LogP contribution in [0.2, 0.25) is 0 Å². The summed E-state index contributed by atoms with van der Waals surface area (Å²) in [6, 6.07) is 13.6. The molecule has 186 valence electrons. The van der Waals surface area contributed by atoms with E-state index in [0.29, 0.717) is 23.3 Å². The summed E-state index contributed by atoms with van der Waals surface area (Å²) in [6.45, 7) is 10.6. The summed E-state index contributed by atoms with van der Waals surface area (Å²) in [6.07, 6.45) is 0.300. The third-order valence-electron chi connectivity index (χ3n) is 5.62. The lowest BCUT2D eigenvalue weighted by atomic mass is 10.1. The first kappa shape index (κ1) is 26.3. The van der Waals surface area contributed by atoms with Gasteiger partial charge in [-0.05, 0) is 62.9 Å². The maximum Gasteiger partial charge on any atom is 0.261 e. The number of aromatic nitrogens is 3. The van der Waals surface area contributed by atoms with Crippen LogP contribution < -0.4 is 15.4 Å². The molecule has 0 saturated carbocycles. The molecular formula is C26H33N5O3S. The number of amides is 2. The zero-order chi connectivity index (χ0) is 25.4. The van der Waals surface area contributed by atoms with E-state index in [-0.39, 0.29) is 24.1 Å². The summed E-state index contributed by atoms with van der Waals surface area (Å²) in [5.74, 6) is 1.14. The van der Waals surface area contributed by atoms with Crippen molar-refractivity contribution in [1.29, 1.82) is 0 Å². The molecule has 0 saturated heterocycles. The number of para-hydroxylation sites is 1. The standard InChI is InChI=1S/C26H33N5O3S/c1-6-20-11-13-21(14-12-20)34-19(5)25(33)27-15-22-29-30-26(31(22)7-2)35-16-23(32)28-24-17(3)9-8-10-18(24)4/h8-14,19H,6-7,15-16H2,1-5H3,(H,27,33)(H,28,32)/t19-/m1/s1. The number of anilines is 1. The third kappa shape index (κ3) is 7.08. The van der Waals surface area contributed by atoms with E-state index in [0.717, 1.165) is 23.2 Å². The highest BCUT2D eigenvalue weighted by atomic mass is 32.2. The SMILES string of the molecule is CCc1ccc(O[C@H](C)C(=O)NCc2nnc(SCC(=O)Nc3c(C)cccc3C)n2CC)cc1. The fraction of sp³-hybridized carbons (Fsp3) is 0.385. The predicted octanol–water partition coefficient (Wildman–Crippen LogP) is 4.29. The van der Waals surface area contributed by atoms with Gasteiger partial charge in [-0.1, -0.05) is 49.0 Å². The Hall–Kier alpha value is -3.33. The van der Waals surface area contributed by atoms with E-state index < -0.39 is 6.10 Å². The molecule has 3 aromatic rings. The van der Waals surface area contributed by atoms with Gasteiger partial charge in [0, 0.05) is 12.2 Å². The molecule has 0 radical (unpaired) electrons. The lowest BCUT2D eigenvalue weighted by Gasteiger charge is -2.15. The zero-order valence-corrected chi connectivity index (χ0v) is 21.7. The predicted molar refractivity (Wildman–Crippen MR) is 139 cm³/mol. The van der Waals surface area contributed by atoms with Crippen LogP contribution in [0.3, 0.4) is 0 Å². The molecule has 2 aromatic carbocycles. The van der Waals surface area contributed by atoms with Crippen molar-refractivity contribution in [1.82, 2.24) is 20.1 Å². The van der Waals surface area contributed by atoms with E-state index in [1.165, 1.54) is 17.3 Å². The highest BCUT2D eigenvalue weighted by Gasteiger charge is 2.18.